The SMILES string of the molecule is Cc1ccc(-c2ccc(N3CCC(C(=O)Nc4cccc(C)c4)CC3)nn2)cc1. The summed E-state index contributed by atoms with van der Waals surface area (Å²) in [6, 6.07) is 20.3. The number of hydrogen-bond donors (Lipinski definition) is 1. The molecule has 0 spiro atoms. The van der Waals surface area contributed by atoms with Gasteiger partial charge in [-0.25, -0.2) is 0 Å². The van der Waals surface area contributed by atoms with Crippen LogP contribution in [0, 0.1) is 19.8 Å². The summed E-state index contributed by atoms with van der Waals surface area (Å²) in [7, 11) is 0. The van der Waals surface area contributed by atoms with Gasteiger partial charge in [0.05, 0.1) is 5.69 Å². The van der Waals surface area contributed by atoms with Crippen molar-refractivity contribution in [2.75, 3.05) is 23.3 Å². The maximum atomic E-state index is 12.6. The van der Waals surface area contributed by atoms with E-state index < -0.39 is 0 Å². The molecule has 1 fully saturated rings. The summed E-state index contributed by atoms with van der Waals surface area (Å²) in [4.78, 5) is 14.8. The quantitative estimate of drug-likeness (QED) is 0.711. The maximum absolute atomic E-state index is 12.6. The van der Waals surface area contributed by atoms with Gasteiger partial charge in [-0.2, -0.15) is 0 Å². The van der Waals surface area contributed by atoms with Crippen molar-refractivity contribution >= 4 is 17.4 Å². The summed E-state index contributed by atoms with van der Waals surface area (Å²) in [6.07, 6.45) is 1.64. The van der Waals surface area contributed by atoms with Crippen LogP contribution in [-0.2, 0) is 4.79 Å². The van der Waals surface area contributed by atoms with Crippen LogP contribution in [0.2, 0.25) is 0 Å². The molecule has 3 aromatic rings. The van der Waals surface area contributed by atoms with Crippen LogP contribution in [0.25, 0.3) is 11.3 Å². The van der Waals surface area contributed by atoms with E-state index in [0.717, 1.165) is 54.3 Å². The Morgan fingerprint density at radius 1 is 0.931 bits per heavy atom. The molecule has 0 aliphatic carbocycles. The Morgan fingerprint density at radius 3 is 2.34 bits per heavy atom. The maximum Gasteiger partial charge on any atom is 0.227 e. The number of rotatable bonds is 4. The molecule has 29 heavy (non-hydrogen) atoms. The van der Waals surface area contributed by atoms with Crippen LogP contribution in [0.1, 0.15) is 24.0 Å². The zero-order valence-corrected chi connectivity index (χ0v) is 16.9. The van der Waals surface area contributed by atoms with E-state index in [2.05, 4.69) is 51.6 Å². The van der Waals surface area contributed by atoms with Crippen LogP contribution >= 0.6 is 0 Å². The lowest BCUT2D eigenvalue weighted by Gasteiger charge is -2.31. The van der Waals surface area contributed by atoms with E-state index in [4.69, 9.17) is 0 Å². The summed E-state index contributed by atoms with van der Waals surface area (Å²) in [5, 5.41) is 11.9. The van der Waals surface area contributed by atoms with Crippen LogP contribution < -0.4 is 10.2 Å². The summed E-state index contributed by atoms with van der Waals surface area (Å²) >= 11 is 0. The van der Waals surface area contributed by atoms with E-state index in [9.17, 15) is 4.79 Å². The van der Waals surface area contributed by atoms with Gasteiger partial charge in [-0.1, -0.05) is 42.0 Å². The van der Waals surface area contributed by atoms with E-state index in [1.807, 2.05) is 43.3 Å². The number of carbonyl (C=O) groups is 1. The van der Waals surface area contributed by atoms with Crippen LogP contribution in [-0.4, -0.2) is 29.2 Å². The number of nitrogens with zero attached hydrogens (tertiary/aromatic N) is 3. The lowest BCUT2D eigenvalue weighted by atomic mass is 9.95. The minimum atomic E-state index is 0.0338. The van der Waals surface area contributed by atoms with Gasteiger partial charge >= 0.3 is 0 Å². The second kappa shape index (κ2) is 8.43. The van der Waals surface area contributed by atoms with Gasteiger partial charge in [0.1, 0.15) is 0 Å². The third-order valence-electron chi connectivity index (χ3n) is 5.47. The van der Waals surface area contributed by atoms with Gasteiger partial charge in [0.15, 0.2) is 5.82 Å². The predicted molar refractivity (Wildman–Crippen MR) is 117 cm³/mol. The van der Waals surface area contributed by atoms with Gasteiger partial charge < -0.3 is 10.2 Å². The molecular formula is C24H26N4O. The number of hydrogen-bond acceptors (Lipinski definition) is 4. The van der Waals surface area contributed by atoms with Crippen molar-refractivity contribution in [3.63, 3.8) is 0 Å². The topological polar surface area (TPSA) is 58.1 Å². The van der Waals surface area contributed by atoms with E-state index in [-0.39, 0.29) is 11.8 Å². The molecule has 0 bridgehead atoms. The zero-order chi connectivity index (χ0) is 20.2. The first-order valence-electron chi connectivity index (χ1n) is 10.1. The highest BCUT2D eigenvalue weighted by molar-refractivity contribution is 5.92. The van der Waals surface area contributed by atoms with Gasteiger partial charge in [-0.05, 0) is 56.5 Å². The smallest absolute Gasteiger partial charge is 0.227 e. The molecule has 1 amide bonds. The number of anilines is 2. The van der Waals surface area contributed by atoms with Gasteiger partial charge in [0.25, 0.3) is 0 Å². The van der Waals surface area contributed by atoms with Crippen molar-refractivity contribution in [1.82, 2.24) is 10.2 Å². The van der Waals surface area contributed by atoms with Crippen LogP contribution in [0.15, 0.2) is 60.7 Å². The molecule has 5 nitrogen and oxygen atoms in total. The predicted octanol–water partition coefficient (Wildman–Crippen LogP) is 4.62. The van der Waals surface area contributed by atoms with Crippen molar-refractivity contribution < 1.29 is 4.79 Å². The highest BCUT2D eigenvalue weighted by atomic mass is 16.1. The largest absolute Gasteiger partial charge is 0.355 e. The third kappa shape index (κ3) is 4.62. The molecular weight excluding hydrogens is 360 g/mol. The molecule has 1 aliphatic rings. The summed E-state index contributed by atoms with van der Waals surface area (Å²) in [5.74, 6) is 1.01. The van der Waals surface area contributed by atoms with E-state index in [1.165, 1.54) is 5.56 Å². The third-order valence-corrected chi connectivity index (χ3v) is 5.47. The van der Waals surface area contributed by atoms with Gasteiger partial charge in [0.2, 0.25) is 5.91 Å². The lowest BCUT2D eigenvalue weighted by Crippen LogP contribution is -2.38. The molecule has 2 heterocycles. The fourth-order valence-electron chi connectivity index (χ4n) is 3.71. The Kier molecular flexibility index (Phi) is 5.56. The van der Waals surface area contributed by atoms with Gasteiger partial charge in [-0.3, -0.25) is 4.79 Å². The molecule has 2 aromatic carbocycles. The molecule has 0 atom stereocenters. The summed E-state index contributed by atoms with van der Waals surface area (Å²) in [5.41, 5.74) is 5.19. The first kappa shape index (κ1) is 19.1. The van der Waals surface area contributed by atoms with Gasteiger partial charge in [-0.15, -0.1) is 10.2 Å². The molecule has 148 valence electrons. The Hall–Kier alpha value is -3.21. The highest BCUT2D eigenvalue weighted by Crippen LogP contribution is 2.24. The lowest BCUT2D eigenvalue weighted by molar-refractivity contribution is -0.120. The number of nitrogens with one attached hydrogen (secondary N) is 1. The molecule has 4 rings (SSSR count). The average Bonchev–Trinajstić information content (AvgIpc) is 2.75. The summed E-state index contributed by atoms with van der Waals surface area (Å²) < 4.78 is 0. The first-order valence-corrected chi connectivity index (χ1v) is 10.1. The second-order valence-electron chi connectivity index (χ2n) is 7.76. The Morgan fingerprint density at radius 2 is 1.69 bits per heavy atom. The molecule has 1 aliphatic heterocycles. The Labute approximate surface area is 171 Å². The number of carbonyl (C=O) groups excluding carboxylic acids is 1. The van der Waals surface area contributed by atoms with E-state index >= 15 is 0 Å². The molecule has 1 saturated heterocycles. The first-order chi connectivity index (χ1) is 14.1. The molecule has 0 saturated carbocycles. The molecule has 5 heteroatoms. The number of aryl methyl sites for hydroxylation is 2. The average molecular weight is 386 g/mol. The standard InChI is InChI=1S/C24H26N4O/c1-17-6-8-19(9-7-17)22-10-11-23(27-26-22)28-14-12-20(13-15-28)24(29)25-21-5-3-4-18(2)16-21/h3-11,16,20H,12-15H2,1-2H3,(H,25,29). The Balaban J connectivity index is 1.34. The van der Waals surface area contributed by atoms with Crippen LogP contribution in [0.5, 0.6) is 0 Å². The monoisotopic (exact) mass is 386 g/mol. The van der Waals surface area contributed by atoms with Gasteiger partial charge in [0, 0.05) is 30.3 Å². The molecule has 1 N–H and O–H groups in total. The number of amides is 1. The second-order valence-corrected chi connectivity index (χ2v) is 7.76. The fraction of sp³-hybridized carbons (Fsp3) is 0.292. The minimum Gasteiger partial charge on any atom is -0.355 e. The van der Waals surface area contributed by atoms with Crippen LogP contribution in [0.4, 0.5) is 11.5 Å². The van der Waals surface area contributed by atoms with Crippen molar-refractivity contribution in [2.45, 2.75) is 26.7 Å². The van der Waals surface area contributed by atoms with E-state index in [0.29, 0.717) is 0 Å². The van der Waals surface area contributed by atoms with Crippen molar-refractivity contribution in [3.8, 4) is 11.3 Å². The van der Waals surface area contributed by atoms with Crippen molar-refractivity contribution in [2.24, 2.45) is 5.92 Å². The number of benzene rings is 2. The van der Waals surface area contributed by atoms with Crippen molar-refractivity contribution in [3.05, 3.63) is 71.8 Å². The minimum absolute atomic E-state index is 0.0338. The summed E-state index contributed by atoms with van der Waals surface area (Å²) in [6.45, 7) is 5.72. The number of piperidine rings is 1. The molecule has 0 radical (unpaired) electrons. The normalized spacial score (nSPS) is 14.6. The molecule has 0 unspecified atom stereocenters. The van der Waals surface area contributed by atoms with Crippen LogP contribution in [0.3, 0.4) is 0 Å². The molecule has 1 aromatic heterocycles. The Bertz CT molecular complexity index is 975. The van der Waals surface area contributed by atoms with E-state index in [1.54, 1.807) is 0 Å². The fourth-order valence-corrected chi connectivity index (χ4v) is 3.71. The van der Waals surface area contributed by atoms with Crippen molar-refractivity contribution in [1.29, 1.82) is 0 Å². The number of aromatic nitrogens is 2. The highest BCUT2D eigenvalue weighted by Gasteiger charge is 2.26. The zero-order valence-electron chi connectivity index (χ0n) is 16.9.